The standard InChI is InChI=1S/C16H32/c1-5-15-10-8-12-16(4,6-2)11-7-9-14(3)13-15/h14-15H,5-13H2,1-4H3. The van der Waals surface area contributed by atoms with Gasteiger partial charge in [0.1, 0.15) is 0 Å². The van der Waals surface area contributed by atoms with Gasteiger partial charge in [-0.05, 0) is 36.5 Å². The van der Waals surface area contributed by atoms with Crippen LogP contribution >= 0.6 is 0 Å². The van der Waals surface area contributed by atoms with E-state index in [1.54, 1.807) is 0 Å². The fourth-order valence-electron chi connectivity index (χ4n) is 3.35. The number of hydrogen-bond donors (Lipinski definition) is 0. The first kappa shape index (κ1) is 14.1. The SMILES string of the molecule is CCC1CCCC(C)(CC)CCCC(C)C1. The molecule has 1 saturated carbocycles. The quantitative estimate of drug-likeness (QED) is 0.555. The zero-order valence-corrected chi connectivity index (χ0v) is 12.0. The van der Waals surface area contributed by atoms with Crippen LogP contribution in [0.25, 0.3) is 0 Å². The molecule has 0 bridgehead atoms. The molecular formula is C16H32. The molecule has 1 fully saturated rings. The minimum Gasteiger partial charge on any atom is -0.0651 e. The molecule has 0 aromatic carbocycles. The van der Waals surface area contributed by atoms with Gasteiger partial charge in [0, 0.05) is 0 Å². The Morgan fingerprint density at radius 2 is 1.69 bits per heavy atom. The van der Waals surface area contributed by atoms with Crippen molar-refractivity contribution in [2.75, 3.05) is 0 Å². The van der Waals surface area contributed by atoms with E-state index in [0.717, 1.165) is 11.8 Å². The third-order valence-electron chi connectivity index (χ3n) is 5.04. The molecule has 0 saturated heterocycles. The maximum Gasteiger partial charge on any atom is -0.0328 e. The Bertz CT molecular complexity index is 184. The average molecular weight is 224 g/mol. The normalized spacial score (nSPS) is 38.2. The van der Waals surface area contributed by atoms with Crippen molar-refractivity contribution in [2.24, 2.45) is 17.3 Å². The van der Waals surface area contributed by atoms with Crippen molar-refractivity contribution in [1.29, 1.82) is 0 Å². The van der Waals surface area contributed by atoms with E-state index in [2.05, 4.69) is 27.7 Å². The van der Waals surface area contributed by atoms with Crippen molar-refractivity contribution in [3.63, 3.8) is 0 Å². The summed E-state index contributed by atoms with van der Waals surface area (Å²) in [5.41, 5.74) is 0.648. The van der Waals surface area contributed by atoms with Crippen molar-refractivity contribution in [2.45, 2.75) is 85.5 Å². The summed E-state index contributed by atoms with van der Waals surface area (Å²) in [7, 11) is 0. The van der Waals surface area contributed by atoms with E-state index in [1.807, 2.05) is 0 Å². The highest BCUT2D eigenvalue weighted by Gasteiger charge is 2.24. The Labute approximate surface area is 103 Å². The van der Waals surface area contributed by atoms with Gasteiger partial charge >= 0.3 is 0 Å². The molecule has 1 aliphatic carbocycles. The van der Waals surface area contributed by atoms with Crippen LogP contribution in [0.4, 0.5) is 0 Å². The van der Waals surface area contributed by atoms with Gasteiger partial charge in [0.15, 0.2) is 0 Å². The van der Waals surface area contributed by atoms with Gasteiger partial charge in [0.2, 0.25) is 0 Å². The summed E-state index contributed by atoms with van der Waals surface area (Å²) < 4.78 is 0. The molecule has 96 valence electrons. The zero-order chi connectivity index (χ0) is 12.0. The summed E-state index contributed by atoms with van der Waals surface area (Å²) in [4.78, 5) is 0. The van der Waals surface area contributed by atoms with Crippen LogP contribution in [-0.4, -0.2) is 0 Å². The molecule has 0 aliphatic heterocycles. The fourth-order valence-corrected chi connectivity index (χ4v) is 3.35. The van der Waals surface area contributed by atoms with Gasteiger partial charge < -0.3 is 0 Å². The van der Waals surface area contributed by atoms with Gasteiger partial charge in [-0.15, -0.1) is 0 Å². The lowest BCUT2D eigenvalue weighted by atomic mass is 9.74. The van der Waals surface area contributed by atoms with E-state index in [-0.39, 0.29) is 0 Å². The third-order valence-corrected chi connectivity index (χ3v) is 5.04. The van der Waals surface area contributed by atoms with Gasteiger partial charge in [-0.2, -0.15) is 0 Å². The molecule has 0 aromatic rings. The molecule has 3 atom stereocenters. The molecule has 0 heteroatoms. The van der Waals surface area contributed by atoms with Crippen LogP contribution in [0.3, 0.4) is 0 Å². The van der Waals surface area contributed by atoms with Crippen LogP contribution in [-0.2, 0) is 0 Å². The minimum absolute atomic E-state index is 0.648. The van der Waals surface area contributed by atoms with Crippen molar-refractivity contribution in [1.82, 2.24) is 0 Å². The van der Waals surface area contributed by atoms with Crippen LogP contribution in [0.5, 0.6) is 0 Å². The highest BCUT2D eigenvalue weighted by atomic mass is 14.3. The summed E-state index contributed by atoms with van der Waals surface area (Å²) in [5, 5.41) is 0. The summed E-state index contributed by atoms with van der Waals surface area (Å²) in [6.07, 6.45) is 13.1. The molecule has 0 aromatic heterocycles. The number of hydrogen-bond acceptors (Lipinski definition) is 0. The third kappa shape index (κ3) is 4.47. The molecule has 3 unspecified atom stereocenters. The summed E-state index contributed by atoms with van der Waals surface area (Å²) >= 11 is 0. The summed E-state index contributed by atoms with van der Waals surface area (Å²) in [6, 6.07) is 0. The maximum atomic E-state index is 2.51. The first-order valence-corrected chi connectivity index (χ1v) is 7.59. The predicted octanol–water partition coefficient (Wildman–Crippen LogP) is 5.81. The van der Waals surface area contributed by atoms with E-state index >= 15 is 0 Å². The molecule has 0 N–H and O–H groups in total. The highest BCUT2D eigenvalue weighted by Crippen LogP contribution is 2.37. The van der Waals surface area contributed by atoms with Crippen LogP contribution < -0.4 is 0 Å². The Balaban J connectivity index is 2.52. The van der Waals surface area contributed by atoms with Gasteiger partial charge in [0.25, 0.3) is 0 Å². The molecule has 0 heterocycles. The molecule has 0 nitrogen and oxygen atoms in total. The Morgan fingerprint density at radius 3 is 2.25 bits per heavy atom. The van der Waals surface area contributed by atoms with Gasteiger partial charge in [-0.25, -0.2) is 0 Å². The molecule has 0 spiro atoms. The lowest BCUT2D eigenvalue weighted by molar-refractivity contribution is 0.207. The first-order valence-electron chi connectivity index (χ1n) is 7.59. The molecule has 0 radical (unpaired) electrons. The van der Waals surface area contributed by atoms with E-state index in [0.29, 0.717) is 5.41 Å². The van der Waals surface area contributed by atoms with E-state index in [9.17, 15) is 0 Å². The lowest BCUT2D eigenvalue weighted by Crippen LogP contribution is -2.18. The molecule has 1 aliphatic rings. The maximum absolute atomic E-state index is 2.51. The van der Waals surface area contributed by atoms with E-state index < -0.39 is 0 Å². The molecule has 16 heavy (non-hydrogen) atoms. The second kappa shape index (κ2) is 6.67. The highest BCUT2D eigenvalue weighted by molar-refractivity contribution is 4.76. The molecule has 0 amide bonds. The van der Waals surface area contributed by atoms with Crippen LogP contribution in [0.15, 0.2) is 0 Å². The van der Waals surface area contributed by atoms with Crippen molar-refractivity contribution < 1.29 is 0 Å². The van der Waals surface area contributed by atoms with Crippen LogP contribution in [0.2, 0.25) is 0 Å². The summed E-state index contributed by atoms with van der Waals surface area (Å²) in [6.45, 7) is 9.74. The number of rotatable bonds is 2. The smallest absolute Gasteiger partial charge is 0.0328 e. The van der Waals surface area contributed by atoms with Crippen molar-refractivity contribution in [3.05, 3.63) is 0 Å². The summed E-state index contributed by atoms with van der Waals surface area (Å²) in [5.74, 6) is 1.97. The molecule has 1 rings (SSSR count). The Kier molecular flexibility index (Phi) is 5.86. The molecular weight excluding hydrogens is 192 g/mol. The Hall–Kier alpha value is 0. The van der Waals surface area contributed by atoms with Gasteiger partial charge in [-0.1, -0.05) is 66.2 Å². The predicted molar refractivity (Wildman–Crippen MR) is 73.7 cm³/mol. The van der Waals surface area contributed by atoms with Gasteiger partial charge in [-0.3, -0.25) is 0 Å². The average Bonchev–Trinajstić information content (AvgIpc) is 2.27. The minimum atomic E-state index is 0.648. The second-order valence-electron chi connectivity index (χ2n) is 6.56. The van der Waals surface area contributed by atoms with E-state index in [1.165, 1.54) is 57.8 Å². The second-order valence-corrected chi connectivity index (χ2v) is 6.56. The first-order chi connectivity index (χ1) is 7.59. The van der Waals surface area contributed by atoms with Crippen LogP contribution in [0.1, 0.15) is 85.5 Å². The monoisotopic (exact) mass is 224 g/mol. The lowest BCUT2D eigenvalue weighted by Gasteiger charge is -2.31. The zero-order valence-electron chi connectivity index (χ0n) is 12.0. The largest absolute Gasteiger partial charge is 0.0651 e. The fraction of sp³-hybridized carbons (Fsp3) is 1.00. The topological polar surface area (TPSA) is 0 Å². The van der Waals surface area contributed by atoms with Crippen molar-refractivity contribution in [3.8, 4) is 0 Å². The van der Waals surface area contributed by atoms with Crippen LogP contribution in [0, 0.1) is 17.3 Å². The van der Waals surface area contributed by atoms with Gasteiger partial charge in [0.05, 0.1) is 0 Å². The van der Waals surface area contributed by atoms with E-state index in [4.69, 9.17) is 0 Å². The Morgan fingerprint density at radius 1 is 1.06 bits per heavy atom. The van der Waals surface area contributed by atoms with Crippen molar-refractivity contribution >= 4 is 0 Å².